The Hall–Kier alpha value is -1.49. The molecule has 1 aromatic carbocycles. The Morgan fingerprint density at radius 3 is 2.61 bits per heavy atom. The molecular weight excluding hydrogens is 250 g/mol. The number of thioether (sulfide) groups is 1. The molecule has 0 aliphatic carbocycles. The summed E-state index contributed by atoms with van der Waals surface area (Å²) in [7, 11) is 0. The van der Waals surface area contributed by atoms with Crippen molar-refractivity contribution >= 4 is 29.3 Å². The first kappa shape index (κ1) is 13.0. The second kappa shape index (κ2) is 5.91. The predicted octanol–water partition coefficient (Wildman–Crippen LogP) is 2.94. The van der Waals surface area contributed by atoms with Gasteiger partial charge in [-0.3, -0.25) is 10.1 Å². The summed E-state index contributed by atoms with van der Waals surface area (Å²) >= 11 is 1.79. The molecule has 0 aromatic heterocycles. The Balaban J connectivity index is 1.88. The van der Waals surface area contributed by atoms with Crippen molar-refractivity contribution in [3.63, 3.8) is 0 Å². The maximum atomic E-state index is 11.6. The molecule has 1 fully saturated rings. The number of Topliss-reactive ketones (excluding diaryl/α,β-unsaturated/α-hetero) is 1. The first-order chi connectivity index (χ1) is 8.65. The van der Waals surface area contributed by atoms with Gasteiger partial charge in [0.15, 0.2) is 5.78 Å². The van der Waals surface area contributed by atoms with Crippen molar-refractivity contribution < 1.29 is 14.3 Å². The lowest BCUT2D eigenvalue weighted by molar-refractivity contribution is 0.101. The molecule has 1 saturated heterocycles. The molecule has 1 amide bonds. The van der Waals surface area contributed by atoms with E-state index in [0.717, 1.165) is 17.9 Å². The smallest absolute Gasteiger partial charge is 0.411 e. The number of anilines is 1. The summed E-state index contributed by atoms with van der Waals surface area (Å²) in [6.45, 7) is 1.51. The molecule has 1 aromatic rings. The highest BCUT2D eigenvalue weighted by Crippen LogP contribution is 2.20. The lowest BCUT2D eigenvalue weighted by Crippen LogP contribution is -2.22. The van der Waals surface area contributed by atoms with Crippen LogP contribution in [0, 0.1) is 0 Å². The average Bonchev–Trinajstić information content (AvgIpc) is 2.82. The van der Waals surface area contributed by atoms with E-state index in [9.17, 15) is 9.59 Å². The fourth-order valence-corrected chi connectivity index (χ4v) is 2.79. The number of benzene rings is 1. The van der Waals surface area contributed by atoms with Crippen LogP contribution >= 0.6 is 11.8 Å². The number of ketones is 1. The van der Waals surface area contributed by atoms with Crippen LogP contribution in [-0.2, 0) is 4.74 Å². The minimum Gasteiger partial charge on any atom is -0.445 e. The van der Waals surface area contributed by atoms with E-state index in [4.69, 9.17) is 4.74 Å². The van der Waals surface area contributed by atoms with E-state index in [1.807, 2.05) is 0 Å². The Morgan fingerprint density at radius 2 is 2.06 bits per heavy atom. The number of rotatable bonds is 3. The molecule has 0 spiro atoms. The van der Waals surface area contributed by atoms with Crippen LogP contribution in [0.3, 0.4) is 0 Å². The Kier molecular flexibility index (Phi) is 4.25. The largest absolute Gasteiger partial charge is 0.445 e. The number of carbonyl (C=O) groups is 2. The van der Waals surface area contributed by atoms with Gasteiger partial charge in [0.05, 0.1) is 0 Å². The number of carbonyl (C=O) groups excluding carboxylic acids is 2. The van der Waals surface area contributed by atoms with Crippen molar-refractivity contribution in [1.82, 2.24) is 0 Å². The summed E-state index contributed by atoms with van der Waals surface area (Å²) in [6, 6.07) is 6.76. The summed E-state index contributed by atoms with van der Waals surface area (Å²) in [6.07, 6.45) is 0.506. The van der Waals surface area contributed by atoms with Crippen molar-refractivity contribution in [2.45, 2.75) is 19.4 Å². The molecule has 1 atom stereocenters. The van der Waals surface area contributed by atoms with E-state index in [1.165, 1.54) is 6.92 Å². The third-order valence-electron chi connectivity index (χ3n) is 2.70. The highest BCUT2D eigenvalue weighted by molar-refractivity contribution is 7.99. The molecule has 0 bridgehead atoms. The molecule has 1 heterocycles. The van der Waals surface area contributed by atoms with Gasteiger partial charge in [0.2, 0.25) is 0 Å². The summed E-state index contributed by atoms with van der Waals surface area (Å²) in [5.74, 6) is 1.93. The average molecular weight is 265 g/mol. The fourth-order valence-electron chi connectivity index (χ4n) is 1.69. The molecule has 18 heavy (non-hydrogen) atoms. The normalized spacial score (nSPS) is 18.4. The lowest BCUT2D eigenvalue weighted by Gasteiger charge is -2.11. The van der Waals surface area contributed by atoms with Gasteiger partial charge < -0.3 is 4.74 Å². The Labute approximate surface area is 110 Å². The minimum atomic E-state index is -0.432. The number of hydrogen-bond acceptors (Lipinski definition) is 4. The van der Waals surface area contributed by atoms with E-state index >= 15 is 0 Å². The fraction of sp³-hybridized carbons (Fsp3) is 0.385. The topological polar surface area (TPSA) is 55.4 Å². The Morgan fingerprint density at radius 1 is 1.33 bits per heavy atom. The van der Waals surface area contributed by atoms with Crippen LogP contribution in [0.2, 0.25) is 0 Å². The standard InChI is InChI=1S/C13H15NO3S/c1-9(15)10-2-4-11(5-3-10)14-13(16)17-12-6-7-18-8-12/h2-5,12H,6-8H2,1H3,(H,14,16). The van der Waals surface area contributed by atoms with Crippen molar-refractivity contribution in [2.24, 2.45) is 0 Å². The van der Waals surface area contributed by atoms with Crippen LogP contribution in [0.15, 0.2) is 24.3 Å². The molecule has 1 N–H and O–H groups in total. The van der Waals surface area contributed by atoms with Crippen molar-refractivity contribution in [1.29, 1.82) is 0 Å². The molecule has 96 valence electrons. The van der Waals surface area contributed by atoms with Crippen LogP contribution in [0.1, 0.15) is 23.7 Å². The predicted molar refractivity (Wildman–Crippen MR) is 72.3 cm³/mol. The zero-order valence-corrected chi connectivity index (χ0v) is 11.0. The molecule has 2 rings (SSSR count). The summed E-state index contributed by atoms with van der Waals surface area (Å²) in [4.78, 5) is 22.7. The van der Waals surface area contributed by atoms with Gasteiger partial charge in [-0.2, -0.15) is 11.8 Å². The van der Waals surface area contributed by atoms with Gasteiger partial charge in [0, 0.05) is 17.0 Å². The summed E-state index contributed by atoms with van der Waals surface area (Å²) < 4.78 is 5.26. The molecule has 0 radical (unpaired) electrons. The minimum absolute atomic E-state index is 0.00658. The van der Waals surface area contributed by atoms with E-state index in [0.29, 0.717) is 11.3 Å². The SMILES string of the molecule is CC(=O)c1ccc(NC(=O)OC2CCSC2)cc1. The number of amides is 1. The van der Waals surface area contributed by atoms with Crippen LogP contribution < -0.4 is 5.32 Å². The van der Waals surface area contributed by atoms with Gasteiger partial charge in [-0.1, -0.05) is 0 Å². The monoisotopic (exact) mass is 265 g/mol. The number of ether oxygens (including phenoxy) is 1. The third-order valence-corrected chi connectivity index (χ3v) is 3.83. The number of hydrogen-bond donors (Lipinski definition) is 1. The van der Waals surface area contributed by atoms with Gasteiger partial charge in [-0.25, -0.2) is 4.79 Å². The zero-order chi connectivity index (χ0) is 13.0. The van der Waals surface area contributed by atoms with Crippen molar-refractivity contribution in [3.8, 4) is 0 Å². The highest BCUT2D eigenvalue weighted by Gasteiger charge is 2.19. The van der Waals surface area contributed by atoms with Gasteiger partial charge in [0.25, 0.3) is 0 Å². The second-order valence-corrected chi connectivity index (χ2v) is 5.30. The van der Waals surface area contributed by atoms with Gasteiger partial charge in [0.1, 0.15) is 6.10 Å². The molecule has 5 heteroatoms. The van der Waals surface area contributed by atoms with Gasteiger partial charge in [-0.05, 0) is 43.4 Å². The maximum absolute atomic E-state index is 11.6. The molecule has 1 aliphatic rings. The maximum Gasteiger partial charge on any atom is 0.411 e. The van der Waals surface area contributed by atoms with E-state index in [1.54, 1.807) is 36.0 Å². The second-order valence-electron chi connectivity index (χ2n) is 4.15. The van der Waals surface area contributed by atoms with Crippen LogP contribution in [0.25, 0.3) is 0 Å². The first-order valence-electron chi connectivity index (χ1n) is 5.81. The van der Waals surface area contributed by atoms with Crippen LogP contribution in [0.5, 0.6) is 0 Å². The van der Waals surface area contributed by atoms with Gasteiger partial charge >= 0.3 is 6.09 Å². The first-order valence-corrected chi connectivity index (χ1v) is 6.97. The van der Waals surface area contributed by atoms with Crippen LogP contribution in [-0.4, -0.2) is 29.5 Å². The van der Waals surface area contributed by atoms with E-state index in [-0.39, 0.29) is 11.9 Å². The molecule has 0 saturated carbocycles. The van der Waals surface area contributed by atoms with E-state index < -0.39 is 6.09 Å². The molecule has 4 nitrogen and oxygen atoms in total. The lowest BCUT2D eigenvalue weighted by atomic mass is 10.1. The highest BCUT2D eigenvalue weighted by atomic mass is 32.2. The number of nitrogens with one attached hydrogen (secondary N) is 1. The summed E-state index contributed by atoms with van der Waals surface area (Å²) in [5, 5.41) is 2.65. The molecular formula is C13H15NO3S. The third kappa shape index (κ3) is 3.50. The van der Waals surface area contributed by atoms with E-state index in [2.05, 4.69) is 5.32 Å². The quantitative estimate of drug-likeness (QED) is 0.854. The van der Waals surface area contributed by atoms with Gasteiger partial charge in [-0.15, -0.1) is 0 Å². The Bertz CT molecular complexity index is 438. The zero-order valence-electron chi connectivity index (χ0n) is 10.1. The molecule has 1 unspecified atom stereocenters. The van der Waals surface area contributed by atoms with Crippen molar-refractivity contribution in [3.05, 3.63) is 29.8 Å². The van der Waals surface area contributed by atoms with Crippen molar-refractivity contribution in [2.75, 3.05) is 16.8 Å². The molecule has 1 aliphatic heterocycles. The van der Waals surface area contributed by atoms with Crippen LogP contribution in [0.4, 0.5) is 10.5 Å². The summed E-state index contributed by atoms with van der Waals surface area (Å²) in [5.41, 5.74) is 1.26.